The Labute approximate surface area is 190 Å². The number of aryl methyl sites for hydroxylation is 1. The van der Waals surface area contributed by atoms with Crippen molar-refractivity contribution in [3.8, 4) is 0 Å². The van der Waals surface area contributed by atoms with Gasteiger partial charge in [-0.05, 0) is 60.7 Å². The number of hydrogen-bond acceptors (Lipinski definition) is 3. The maximum absolute atomic E-state index is 13.7. The van der Waals surface area contributed by atoms with Crippen molar-refractivity contribution in [2.24, 2.45) is 0 Å². The minimum Gasteiger partial charge on any atom is -0.398 e. The van der Waals surface area contributed by atoms with Gasteiger partial charge >= 0.3 is 6.03 Å². The lowest BCUT2D eigenvalue weighted by molar-refractivity contribution is 0.0987. The monoisotopic (exact) mass is 450 g/mol. The van der Waals surface area contributed by atoms with Crippen LogP contribution in [0.5, 0.6) is 0 Å². The Hall–Kier alpha value is -3.94. The number of hydrogen-bond donors (Lipinski definition) is 3. The number of halogens is 2. The van der Waals surface area contributed by atoms with Crippen molar-refractivity contribution in [1.29, 1.82) is 0 Å². The van der Waals surface area contributed by atoms with E-state index in [4.69, 9.17) is 5.73 Å². The van der Waals surface area contributed by atoms with E-state index in [1.165, 1.54) is 6.07 Å². The largest absolute Gasteiger partial charge is 0.398 e. The van der Waals surface area contributed by atoms with Crippen LogP contribution < -0.4 is 21.3 Å². The highest BCUT2D eigenvalue weighted by atomic mass is 19.1. The number of amides is 3. The van der Waals surface area contributed by atoms with Gasteiger partial charge in [0.15, 0.2) is 0 Å². The van der Waals surface area contributed by atoms with Crippen molar-refractivity contribution in [3.63, 3.8) is 0 Å². The number of nitrogens with two attached hydrogens (primary N) is 1. The molecular weight excluding hydrogens is 426 g/mol. The quantitative estimate of drug-likeness (QED) is 0.497. The molecule has 0 aromatic heterocycles. The summed E-state index contributed by atoms with van der Waals surface area (Å²) in [7, 11) is 0. The molecule has 8 heteroatoms. The number of anilines is 3. The molecule has 4 N–H and O–H groups in total. The molecule has 0 bridgehead atoms. The number of urea groups is 1. The van der Waals surface area contributed by atoms with Gasteiger partial charge < -0.3 is 21.3 Å². The van der Waals surface area contributed by atoms with Gasteiger partial charge in [0.2, 0.25) is 0 Å². The third-order valence-corrected chi connectivity index (χ3v) is 5.64. The van der Waals surface area contributed by atoms with Crippen LogP contribution in [0.3, 0.4) is 0 Å². The molecule has 0 saturated heterocycles. The van der Waals surface area contributed by atoms with Crippen LogP contribution >= 0.6 is 0 Å². The summed E-state index contributed by atoms with van der Waals surface area (Å²) >= 11 is 0. The summed E-state index contributed by atoms with van der Waals surface area (Å²) in [6, 6.07) is 15.3. The van der Waals surface area contributed by atoms with Gasteiger partial charge in [0.25, 0.3) is 5.91 Å². The number of nitrogen functional groups attached to an aromatic ring is 1. The summed E-state index contributed by atoms with van der Waals surface area (Å²) < 4.78 is 27.4. The lowest BCUT2D eigenvalue weighted by Crippen LogP contribution is -2.32. The second-order valence-corrected chi connectivity index (χ2v) is 7.86. The molecule has 3 aromatic rings. The smallest absolute Gasteiger partial charge is 0.319 e. The molecule has 170 valence electrons. The van der Waals surface area contributed by atoms with Crippen molar-refractivity contribution in [2.45, 2.75) is 25.8 Å². The van der Waals surface area contributed by atoms with Crippen LogP contribution in [0, 0.1) is 11.6 Å². The highest BCUT2D eigenvalue weighted by Gasteiger charge is 2.22. The van der Waals surface area contributed by atoms with E-state index in [-0.39, 0.29) is 12.5 Å². The second-order valence-electron chi connectivity index (χ2n) is 7.86. The van der Waals surface area contributed by atoms with Gasteiger partial charge in [-0.25, -0.2) is 13.6 Å². The average molecular weight is 450 g/mol. The van der Waals surface area contributed by atoms with E-state index >= 15 is 0 Å². The Bertz CT molecular complexity index is 1180. The fourth-order valence-electron chi connectivity index (χ4n) is 3.90. The summed E-state index contributed by atoms with van der Waals surface area (Å²) in [6.45, 7) is 0.653. The summed E-state index contributed by atoms with van der Waals surface area (Å²) in [5, 5.41) is 4.67. The van der Waals surface area contributed by atoms with E-state index < -0.39 is 23.4 Å². The van der Waals surface area contributed by atoms with E-state index in [0.717, 1.165) is 42.6 Å². The lowest BCUT2D eigenvalue weighted by atomic mass is 10.1. The predicted molar refractivity (Wildman–Crippen MR) is 124 cm³/mol. The number of para-hydroxylation sites is 2. The molecule has 6 nitrogen and oxygen atoms in total. The fourth-order valence-corrected chi connectivity index (χ4v) is 3.90. The van der Waals surface area contributed by atoms with E-state index in [1.807, 2.05) is 24.3 Å². The van der Waals surface area contributed by atoms with Crippen LogP contribution in [-0.4, -0.2) is 18.5 Å². The van der Waals surface area contributed by atoms with Crippen molar-refractivity contribution in [1.82, 2.24) is 5.32 Å². The van der Waals surface area contributed by atoms with E-state index in [1.54, 1.807) is 23.1 Å². The van der Waals surface area contributed by atoms with Crippen LogP contribution in [0.15, 0.2) is 60.7 Å². The van der Waals surface area contributed by atoms with Crippen LogP contribution in [0.25, 0.3) is 0 Å². The number of rotatable bonds is 4. The Morgan fingerprint density at radius 2 is 1.73 bits per heavy atom. The fraction of sp³-hybridized carbons (Fsp3) is 0.200. The Balaban J connectivity index is 1.44. The number of fused-ring (bicyclic) bond motifs is 1. The minimum atomic E-state index is -0.873. The lowest BCUT2D eigenvalue weighted by Gasteiger charge is -2.23. The molecule has 3 aromatic carbocycles. The van der Waals surface area contributed by atoms with E-state index in [2.05, 4.69) is 10.6 Å². The van der Waals surface area contributed by atoms with Gasteiger partial charge in [-0.1, -0.05) is 30.3 Å². The maximum atomic E-state index is 13.7. The predicted octanol–water partition coefficient (Wildman–Crippen LogP) is 4.85. The minimum absolute atomic E-state index is 0.0226. The first kappa shape index (κ1) is 22.3. The molecule has 1 aliphatic heterocycles. The van der Waals surface area contributed by atoms with Gasteiger partial charge in [-0.2, -0.15) is 0 Å². The van der Waals surface area contributed by atoms with Crippen molar-refractivity contribution in [3.05, 3.63) is 89.0 Å². The topological polar surface area (TPSA) is 87.5 Å². The molecule has 0 aliphatic carbocycles. The van der Waals surface area contributed by atoms with E-state index in [9.17, 15) is 18.4 Å². The standard InChI is InChI=1S/C25H24F2N4O2/c26-19-8-5-9-20(27)23(19)30-25(33)29-15-18-12-11-17(14-21(18)28)24(32)31-13-4-3-7-16-6-1-2-10-22(16)31/h1-2,5-6,8-12,14H,3-4,7,13,15,28H2,(H2,29,30,33). The van der Waals surface area contributed by atoms with Gasteiger partial charge in [0.1, 0.15) is 17.3 Å². The zero-order valence-electron chi connectivity index (χ0n) is 17.9. The molecule has 4 rings (SSSR count). The average Bonchev–Trinajstić information content (AvgIpc) is 3.03. The number of nitrogens with one attached hydrogen (secondary N) is 2. The Kier molecular flexibility index (Phi) is 6.53. The van der Waals surface area contributed by atoms with Gasteiger partial charge in [-0.15, -0.1) is 0 Å². The third-order valence-electron chi connectivity index (χ3n) is 5.64. The van der Waals surface area contributed by atoms with Gasteiger partial charge in [0, 0.05) is 30.0 Å². The summed E-state index contributed by atoms with van der Waals surface area (Å²) in [4.78, 5) is 27.1. The highest BCUT2D eigenvalue weighted by molar-refractivity contribution is 6.07. The molecule has 0 spiro atoms. The number of carbonyl (C=O) groups excluding carboxylic acids is 2. The molecular formula is C25H24F2N4O2. The zero-order chi connectivity index (χ0) is 23.4. The SMILES string of the molecule is Nc1cc(C(=O)N2CCCCc3ccccc32)ccc1CNC(=O)Nc1c(F)cccc1F. The van der Waals surface area contributed by atoms with Gasteiger partial charge in [0.05, 0.1) is 0 Å². The highest BCUT2D eigenvalue weighted by Crippen LogP contribution is 2.28. The summed E-state index contributed by atoms with van der Waals surface area (Å²) in [6.07, 6.45) is 2.87. The zero-order valence-corrected chi connectivity index (χ0v) is 17.9. The number of nitrogens with zero attached hydrogens (tertiary/aromatic N) is 1. The first-order chi connectivity index (χ1) is 15.9. The Morgan fingerprint density at radius 1 is 0.970 bits per heavy atom. The van der Waals surface area contributed by atoms with Gasteiger partial charge in [-0.3, -0.25) is 4.79 Å². The van der Waals surface area contributed by atoms with Crippen molar-refractivity contribution < 1.29 is 18.4 Å². The second kappa shape index (κ2) is 9.68. The number of benzene rings is 3. The summed E-state index contributed by atoms with van der Waals surface area (Å²) in [5.74, 6) is -1.88. The molecule has 3 amide bonds. The first-order valence-electron chi connectivity index (χ1n) is 10.7. The van der Waals surface area contributed by atoms with Crippen molar-refractivity contribution in [2.75, 3.05) is 22.5 Å². The number of carbonyl (C=O) groups is 2. The molecule has 1 aliphatic rings. The molecule has 33 heavy (non-hydrogen) atoms. The normalized spacial score (nSPS) is 13.1. The van der Waals surface area contributed by atoms with E-state index in [0.29, 0.717) is 23.4 Å². The molecule has 0 radical (unpaired) electrons. The first-order valence-corrected chi connectivity index (χ1v) is 10.7. The molecule has 0 fully saturated rings. The van der Waals surface area contributed by atoms with Crippen LogP contribution in [0.2, 0.25) is 0 Å². The molecule has 1 heterocycles. The van der Waals surface area contributed by atoms with Crippen LogP contribution in [0.4, 0.5) is 30.6 Å². The summed E-state index contributed by atoms with van der Waals surface area (Å²) in [5.41, 5.74) is 9.04. The van der Waals surface area contributed by atoms with Crippen LogP contribution in [0.1, 0.15) is 34.3 Å². The molecule has 0 atom stereocenters. The Morgan fingerprint density at radius 3 is 2.48 bits per heavy atom. The molecule has 0 unspecified atom stereocenters. The van der Waals surface area contributed by atoms with Crippen LogP contribution in [-0.2, 0) is 13.0 Å². The third kappa shape index (κ3) is 4.95. The maximum Gasteiger partial charge on any atom is 0.319 e. The molecule has 0 saturated carbocycles. The van der Waals surface area contributed by atoms with Crippen molar-refractivity contribution >= 4 is 29.0 Å².